The fraction of sp³-hybridized carbons (Fsp3) is 0.292. The molecule has 2 heterocycles. The maximum absolute atomic E-state index is 6.03. The van der Waals surface area contributed by atoms with Gasteiger partial charge in [-0.1, -0.05) is 41.4 Å². The molecule has 1 fully saturated rings. The van der Waals surface area contributed by atoms with Gasteiger partial charge in [-0.05, 0) is 74.8 Å². The van der Waals surface area contributed by atoms with Crippen LogP contribution < -0.4 is 10.2 Å². The van der Waals surface area contributed by atoms with Crippen LogP contribution in [-0.4, -0.2) is 24.1 Å². The van der Waals surface area contributed by atoms with E-state index in [1.54, 1.807) is 0 Å². The van der Waals surface area contributed by atoms with E-state index in [9.17, 15) is 0 Å². The Balaban J connectivity index is 0.00000160. The highest BCUT2D eigenvalue weighted by Gasteiger charge is 2.21. The first-order chi connectivity index (χ1) is 13.7. The molecule has 2 aromatic carbocycles. The van der Waals surface area contributed by atoms with Crippen molar-refractivity contribution < 1.29 is 0 Å². The Morgan fingerprint density at radius 1 is 0.967 bits per heavy atom. The molecule has 4 rings (SSSR count). The van der Waals surface area contributed by atoms with Crippen molar-refractivity contribution in [2.24, 2.45) is 0 Å². The average Bonchev–Trinajstić information content (AvgIpc) is 2.74. The normalized spacial score (nSPS) is 13.8. The van der Waals surface area contributed by atoms with E-state index in [0.29, 0.717) is 6.04 Å². The number of hydrogen-bond acceptors (Lipinski definition) is 3. The lowest BCUT2D eigenvalue weighted by atomic mass is 10.0. The van der Waals surface area contributed by atoms with E-state index in [-0.39, 0.29) is 24.8 Å². The number of halogens is 3. The number of anilines is 1. The molecule has 1 saturated heterocycles. The fourth-order valence-electron chi connectivity index (χ4n) is 3.83. The van der Waals surface area contributed by atoms with Gasteiger partial charge in [-0.15, -0.1) is 24.8 Å². The van der Waals surface area contributed by atoms with Crippen molar-refractivity contribution >= 4 is 42.1 Å². The first kappa shape index (κ1) is 24.5. The van der Waals surface area contributed by atoms with Gasteiger partial charge in [0.15, 0.2) is 0 Å². The summed E-state index contributed by atoms with van der Waals surface area (Å²) in [5, 5.41) is 4.23. The first-order valence-electron chi connectivity index (χ1n) is 9.94. The van der Waals surface area contributed by atoms with Crippen LogP contribution in [0, 0.1) is 6.92 Å². The van der Waals surface area contributed by atoms with Gasteiger partial charge in [0.25, 0.3) is 0 Å². The average molecular weight is 465 g/mol. The quantitative estimate of drug-likeness (QED) is 0.479. The number of aryl methyl sites for hydroxylation is 1. The van der Waals surface area contributed by atoms with Crippen molar-refractivity contribution in [2.45, 2.75) is 32.4 Å². The van der Waals surface area contributed by atoms with Crippen LogP contribution in [-0.2, 0) is 6.54 Å². The lowest BCUT2D eigenvalue weighted by Gasteiger charge is -2.36. The highest BCUT2D eigenvalue weighted by Crippen LogP contribution is 2.26. The Labute approximate surface area is 196 Å². The predicted octanol–water partition coefficient (Wildman–Crippen LogP) is 6.31. The van der Waals surface area contributed by atoms with E-state index in [1.807, 2.05) is 30.5 Å². The molecule has 3 aromatic rings. The van der Waals surface area contributed by atoms with Crippen molar-refractivity contribution in [2.75, 3.05) is 18.0 Å². The summed E-state index contributed by atoms with van der Waals surface area (Å²) < 4.78 is 0. The summed E-state index contributed by atoms with van der Waals surface area (Å²) in [5.74, 6) is 0. The maximum Gasteiger partial charge on any atom is 0.0705 e. The number of nitrogens with zero attached hydrogens (tertiary/aromatic N) is 2. The summed E-state index contributed by atoms with van der Waals surface area (Å²) in [5.41, 5.74) is 5.95. The third-order valence-electron chi connectivity index (χ3n) is 5.43. The second-order valence-corrected chi connectivity index (χ2v) is 7.94. The SMILES string of the molecule is Cc1ccc(N(Cc2ccnc(-c3ccc(Cl)cc3)c2)C2CCNCC2)cc1.Cl.Cl. The summed E-state index contributed by atoms with van der Waals surface area (Å²) in [7, 11) is 0. The Kier molecular flexibility index (Phi) is 9.44. The highest BCUT2D eigenvalue weighted by atomic mass is 35.5. The van der Waals surface area contributed by atoms with Crippen LogP contribution in [0.5, 0.6) is 0 Å². The highest BCUT2D eigenvalue weighted by molar-refractivity contribution is 6.30. The van der Waals surface area contributed by atoms with E-state index < -0.39 is 0 Å². The standard InChI is InChI=1S/C24H26ClN3.2ClH/c1-18-2-8-22(9-3-18)28(23-11-13-26-14-12-23)17-19-10-15-27-24(16-19)20-4-6-21(25)7-5-20;;/h2-10,15-16,23,26H,11-14,17H2,1H3;2*1H. The first-order valence-corrected chi connectivity index (χ1v) is 10.3. The van der Waals surface area contributed by atoms with Crippen LogP contribution in [0.1, 0.15) is 24.0 Å². The lowest BCUT2D eigenvalue weighted by Crippen LogP contribution is -2.43. The smallest absolute Gasteiger partial charge is 0.0705 e. The van der Waals surface area contributed by atoms with Gasteiger partial charge in [0.1, 0.15) is 0 Å². The molecule has 0 unspecified atom stereocenters. The molecule has 0 saturated carbocycles. The summed E-state index contributed by atoms with van der Waals surface area (Å²) in [4.78, 5) is 7.13. The number of rotatable bonds is 5. The summed E-state index contributed by atoms with van der Waals surface area (Å²) in [6.45, 7) is 5.19. The Morgan fingerprint density at radius 3 is 2.30 bits per heavy atom. The fourth-order valence-corrected chi connectivity index (χ4v) is 3.96. The van der Waals surface area contributed by atoms with Gasteiger partial charge in [-0.2, -0.15) is 0 Å². The number of nitrogens with one attached hydrogen (secondary N) is 1. The Morgan fingerprint density at radius 2 is 1.63 bits per heavy atom. The van der Waals surface area contributed by atoms with Gasteiger partial charge in [0.2, 0.25) is 0 Å². The minimum Gasteiger partial charge on any atom is -0.364 e. The molecule has 0 spiro atoms. The van der Waals surface area contributed by atoms with Crippen LogP contribution in [0.3, 0.4) is 0 Å². The molecule has 1 aliphatic rings. The van der Waals surface area contributed by atoms with Gasteiger partial charge in [0.05, 0.1) is 5.69 Å². The van der Waals surface area contributed by atoms with Crippen LogP contribution >= 0.6 is 36.4 Å². The third kappa shape index (κ3) is 6.12. The van der Waals surface area contributed by atoms with Gasteiger partial charge >= 0.3 is 0 Å². The number of pyridine rings is 1. The molecule has 1 aromatic heterocycles. The van der Waals surface area contributed by atoms with E-state index in [1.165, 1.54) is 29.7 Å². The predicted molar refractivity (Wildman–Crippen MR) is 132 cm³/mol. The van der Waals surface area contributed by atoms with Crippen LogP contribution in [0.4, 0.5) is 5.69 Å². The molecule has 0 radical (unpaired) electrons. The summed E-state index contributed by atoms with van der Waals surface area (Å²) >= 11 is 6.03. The second-order valence-electron chi connectivity index (χ2n) is 7.50. The van der Waals surface area contributed by atoms with Crippen molar-refractivity contribution in [1.29, 1.82) is 0 Å². The van der Waals surface area contributed by atoms with Gasteiger partial charge < -0.3 is 10.2 Å². The number of hydrogen-bond donors (Lipinski definition) is 1. The Bertz CT molecular complexity index is 908. The zero-order valence-corrected chi connectivity index (χ0v) is 19.4. The summed E-state index contributed by atoms with van der Waals surface area (Å²) in [6.07, 6.45) is 4.25. The third-order valence-corrected chi connectivity index (χ3v) is 5.68. The monoisotopic (exact) mass is 463 g/mol. The molecule has 3 nitrogen and oxygen atoms in total. The molecule has 0 aliphatic carbocycles. The number of piperidine rings is 1. The van der Waals surface area contributed by atoms with Crippen molar-refractivity contribution in [3.05, 3.63) is 83.0 Å². The second kappa shape index (κ2) is 11.6. The van der Waals surface area contributed by atoms with E-state index in [0.717, 1.165) is 35.9 Å². The molecule has 160 valence electrons. The molecule has 1 N–H and O–H groups in total. The topological polar surface area (TPSA) is 28.2 Å². The van der Waals surface area contributed by atoms with E-state index in [4.69, 9.17) is 11.6 Å². The molecule has 0 bridgehead atoms. The van der Waals surface area contributed by atoms with Gasteiger partial charge in [-0.25, -0.2) is 0 Å². The van der Waals surface area contributed by atoms with Crippen LogP contribution in [0.2, 0.25) is 5.02 Å². The molecular formula is C24H28Cl3N3. The van der Waals surface area contributed by atoms with Gasteiger partial charge in [0, 0.05) is 35.1 Å². The molecule has 0 amide bonds. The minimum atomic E-state index is 0. The van der Waals surface area contributed by atoms with Crippen molar-refractivity contribution in [3.8, 4) is 11.3 Å². The maximum atomic E-state index is 6.03. The molecule has 6 heteroatoms. The summed E-state index contributed by atoms with van der Waals surface area (Å²) in [6, 6.07) is 21.7. The molecule has 30 heavy (non-hydrogen) atoms. The number of benzene rings is 2. The largest absolute Gasteiger partial charge is 0.364 e. The van der Waals surface area contributed by atoms with E-state index >= 15 is 0 Å². The molecule has 0 atom stereocenters. The zero-order chi connectivity index (χ0) is 19.3. The van der Waals surface area contributed by atoms with Crippen molar-refractivity contribution in [1.82, 2.24) is 10.3 Å². The zero-order valence-electron chi connectivity index (χ0n) is 17.1. The van der Waals surface area contributed by atoms with Crippen LogP contribution in [0.25, 0.3) is 11.3 Å². The van der Waals surface area contributed by atoms with Crippen LogP contribution in [0.15, 0.2) is 66.9 Å². The van der Waals surface area contributed by atoms with E-state index in [2.05, 4.69) is 58.5 Å². The molecular weight excluding hydrogens is 437 g/mol. The Hall–Kier alpha value is -1.78. The molecule has 1 aliphatic heterocycles. The minimum absolute atomic E-state index is 0. The lowest BCUT2D eigenvalue weighted by molar-refractivity contribution is 0.428. The number of aromatic nitrogens is 1. The van der Waals surface area contributed by atoms with Crippen molar-refractivity contribution in [3.63, 3.8) is 0 Å². The van der Waals surface area contributed by atoms with Gasteiger partial charge in [-0.3, -0.25) is 4.98 Å².